The molecule has 0 saturated carbocycles. The van der Waals surface area contributed by atoms with Gasteiger partial charge in [0.1, 0.15) is 0 Å². The molecule has 0 aliphatic carbocycles. The van der Waals surface area contributed by atoms with Crippen LogP contribution in [-0.4, -0.2) is 21.9 Å². The molecule has 4 nitrogen and oxygen atoms in total. The van der Waals surface area contributed by atoms with Crippen LogP contribution in [0.3, 0.4) is 0 Å². The fourth-order valence-corrected chi connectivity index (χ4v) is 3.28. The molecular formula is C17H11BrClN3O. The van der Waals surface area contributed by atoms with Crippen molar-refractivity contribution in [2.45, 2.75) is 6.42 Å². The second-order valence-corrected chi connectivity index (χ2v) is 6.32. The summed E-state index contributed by atoms with van der Waals surface area (Å²) in [5.74, 6) is -0.0444. The molecule has 0 fully saturated rings. The first-order chi connectivity index (χ1) is 11.2. The van der Waals surface area contributed by atoms with Gasteiger partial charge in [-0.3, -0.25) is 4.79 Å². The van der Waals surface area contributed by atoms with Gasteiger partial charge in [0, 0.05) is 21.1 Å². The highest BCUT2D eigenvalue weighted by Gasteiger charge is 2.27. The van der Waals surface area contributed by atoms with Crippen LogP contribution in [0.15, 0.2) is 47.6 Å². The van der Waals surface area contributed by atoms with E-state index in [2.05, 4.69) is 26.0 Å². The first-order valence-corrected chi connectivity index (χ1v) is 8.60. The number of aromatic nitrogens is 1. The molecule has 0 bridgehead atoms. The number of benzene rings is 2. The van der Waals surface area contributed by atoms with Gasteiger partial charge in [0.25, 0.3) is 5.91 Å². The van der Waals surface area contributed by atoms with Crippen molar-refractivity contribution in [3.8, 4) is 0 Å². The lowest BCUT2D eigenvalue weighted by Gasteiger charge is -2.17. The monoisotopic (exact) mass is 387 g/mol. The number of alkyl halides is 1. The van der Waals surface area contributed by atoms with Gasteiger partial charge in [0.15, 0.2) is 0 Å². The van der Waals surface area contributed by atoms with Gasteiger partial charge >= 0.3 is 0 Å². The molecule has 0 radical (unpaired) electrons. The molecule has 3 aromatic rings. The third kappa shape index (κ3) is 2.40. The van der Waals surface area contributed by atoms with Crippen LogP contribution in [-0.2, 0) is 4.79 Å². The highest BCUT2D eigenvalue weighted by molar-refractivity contribution is 9.09. The quantitative estimate of drug-likeness (QED) is 0.478. The summed E-state index contributed by atoms with van der Waals surface area (Å²) in [7, 11) is 0. The van der Waals surface area contributed by atoms with Gasteiger partial charge in [-0.05, 0) is 24.3 Å². The second kappa shape index (κ2) is 5.58. The van der Waals surface area contributed by atoms with E-state index < -0.39 is 0 Å². The Bertz CT molecular complexity index is 986. The predicted octanol–water partition coefficient (Wildman–Crippen LogP) is 4.53. The maximum Gasteiger partial charge on any atom is 0.253 e. The lowest BCUT2D eigenvalue weighted by Crippen LogP contribution is -2.20. The average molecular weight is 389 g/mol. The molecule has 6 heteroatoms. The number of carbonyl (C=O) groups excluding carboxylic acids is 1. The van der Waals surface area contributed by atoms with Crippen molar-refractivity contribution < 1.29 is 4.79 Å². The number of pyridine rings is 1. The van der Waals surface area contributed by atoms with Crippen LogP contribution in [0, 0.1) is 0 Å². The summed E-state index contributed by atoms with van der Waals surface area (Å²) in [6.45, 7) is 0. The number of amides is 1. The van der Waals surface area contributed by atoms with Crippen molar-refractivity contribution in [3.63, 3.8) is 0 Å². The topological polar surface area (TPSA) is 45.6 Å². The molecule has 1 aliphatic heterocycles. The molecule has 23 heavy (non-hydrogen) atoms. The van der Waals surface area contributed by atoms with Gasteiger partial charge in [-0.25, -0.2) is 4.98 Å². The fourth-order valence-electron chi connectivity index (χ4n) is 2.80. The van der Waals surface area contributed by atoms with Gasteiger partial charge in [-0.2, -0.15) is 10.1 Å². The van der Waals surface area contributed by atoms with Crippen LogP contribution in [0.25, 0.3) is 21.8 Å². The number of hydrazone groups is 1. The highest BCUT2D eigenvalue weighted by atomic mass is 79.9. The van der Waals surface area contributed by atoms with Crippen LogP contribution in [0.5, 0.6) is 0 Å². The highest BCUT2D eigenvalue weighted by Crippen LogP contribution is 2.37. The second-order valence-electron chi connectivity index (χ2n) is 5.32. The number of halogens is 2. The Labute approximate surface area is 145 Å². The number of carbonyl (C=O) groups is 1. The van der Waals surface area contributed by atoms with Crippen LogP contribution >= 0.6 is 27.5 Å². The normalized spacial score (nSPS) is 14.8. The van der Waals surface area contributed by atoms with E-state index in [0.29, 0.717) is 16.8 Å². The molecule has 2 heterocycles. The largest absolute Gasteiger partial charge is 0.272 e. The van der Waals surface area contributed by atoms with Crippen molar-refractivity contribution >= 4 is 66.6 Å². The fraction of sp³-hybridized carbons (Fsp3) is 0.118. The van der Waals surface area contributed by atoms with E-state index in [1.165, 1.54) is 5.01 Å². The van der Waals surface area contributed by atoms with E-state index in [1.54, 1.807) is 6.07 Å². The average Bonchev–Trinajstić information content (AvgIpc) is 2.93. The third-order valence-corrected chi connectivity index (χ3v) is 4.70. The number of anilines is 1. The van der Waals surface area contributed by atoms with Crippen molar-refractivity contribution in [1.82, 2.24) is 4.98 Å². The molecule has 0 spiro atoms. The minimum absolute atomic E-state index is 0.0444. The summed E-state index contributed by atoms with van der Waals surface area (Å²) in [6, 6.07) is 13.2. The van der Waals surface area contributed by atoms with Gasteiger partial charge in [0.2, 0.25) is 0 Å². The molecule has 4 rings (SSSR count). The van der Waals surface area contributed by atoms with E-state index in [4.69, 9.17) is 11.6 Å². The third-order valence-electron chi connectivity index (χ3n) is 3.81. The molecule has 1 amide bonds. The smallest absolute Gasteiger partial charge is 0.253 e. The zero-order valence-corrected chi connectivity index (χ0v) is 14.3. The number of fused-ring (bicyclic) bond motifs is 2. The van der Waals surface area contributed by atoms with Crippen molar-refractivity contribution in [2.75, 3.05) is 10.3 Å². The Morgan fingerprint density at radius 2 is 1.91 bits per heavy atom. The van der Waals surface area contributed by atoms with Gasteiger partial charge in [-0.15, -0.1) is 0 Å². The number of para-hydroxylation sites is 1. The Balaban J connectivity index is 2.11. The molecule has 0 atom stereocenters. The van der Waals surface area contributed by atoms with Crippen LogP contribution in [0.1, 0.15) is 6.42 Å². The summed E-state index contributed by atoms with van der Waals surface area (Å²) in [6.07, 6.45) is 0.323. The van der Waals surface area contributed by atoms with Crippen LogP contribution in [0.4, 0.5) is 5.69 Å². The van der Waals surface area contributed by atoms with E-state index in [1.807, 2.05) is 36.4 Å². The van der Waals surface area contributed by atoms with E-state index in [-0.39, 0.29) is 5.91 Å². The Hall–Kier alpha value is -1.98. The standard InChI is InChI=1S/C17H11BrClN3O/c18-9-11-8-16(23)22(21-11)17-12-3-1-2-4-14(12)20-15-6-5-10(19)7-13(15)17/h1-7H,8-9H2. The SMILES string of the molecule is O=C1CC(CBr)=NN1c1c2ccccc2nc2ccc(Cl)cc12. The zero-order chi connectivity index (χ0) is 16.0. The zero-order valence-electron chi connectivity index (χ0n) is 12.0. The molecule has 2 aromatic carbocycles. The Morgan fingerprint density at radius 3 is 2.70 bits per heavy atom. The number of rotatable bonds is 2. The minimum Gasteiger partial charge on any atom is -0.272 e. The van der Waals surface area contributed by atoms with Crippen LogP contribution < -0.4 is 5.01 Å². The Kier molecular flexibility index (Phi) is 3.54. The lowest BCUT2D eigenvalue weighted by atomic mass is 10.1. The maximum atomic E-state index is 12.5. The lowest BCUT2D eigenvalue weighted by molar-refractivity contribution is -0.116. The summed E-state index contributed by atoms with van der Waals surface area (Å²) in [5, 5.41) is 8.85. The van der Waals surface area contributed by atoms with Crippen molar-refractivity contribution in [3.05, 3.63) is 47.5 Å². The maximum absolute atomic E-state index is 12.5. The molecular weight excluding hydrogens is 378 g/mol. The van der Waals surface area contributed by atoms with E-state index in [9.17, 15) is 4.79 Å². The molecule has 0 N–H and O–H groups in total. The van der Waals surface area contributed by atoms with Gasteiger partial charge < -0.3 is 0 Å². The van der Waals surface area contributed by atoms with E-state index >= 15 is 0 Å². The summed E-state index contributed by atoms with van der Waals surface area (Å²) in [4.78, 5) is 17.1. The van der Waals surface area contributed by atoms with Gasteiger partial charge in [0.05, 0.1) is 28.9 Å². The first kappa shape index (κ1) is 14.6. The van der Waals surface area contributed by atoms with Crippen LogP contribution in [0.2, 0.25) is 5.02 Å². The van der Waals surface area contributed by atoms with Gasteiger partial charge in [-0.1, -0.05) is 45.7 Å². The summed E-state index contributed by atoms with van der Waals surface area (Å²) < 4.78 is 0. The minimum atomic E-state index is -0.0444. The van der Waals surface area contributed by atoms with E-state index in [0.717, 1.165) is 33.2 Å². The molecule has 0 saturated heterocycles. The first-order valence-electron chi connectivity index (χ1n) is 7.10. The molecule has 1 aliphatic rings. The Morgan fingerprint density at radius 1 is 1.13 bits per heavy atom. The molecule has 1 aromatic heterocycles. The molecule has 0 unspecified atom stereocenters. The van der Waals surface area contributed by atoms with Crippen molar-refractivity contribution in [1.29, 1.82) is 0 Å². The number of hydrogen-bond acceptors (Lipinski definition) is 3. The predicted molar refractivity (Wildman–Crippen MR) is 97.6 cm³/mol. The number of nitrogens with zero attached hydrogens (tertiary/aromatic N) is 3. The molecule has 114 valence electrons. The number of hydrogen-bond donors (Lipinski definition) is 0. The van der Waals surface area contributed by atoms with Crippen molar-refractivity contribution in [2.24, 2.45) is 5.10 Å². The summed E-state index contributed by atoms with van der Waals surface area (Å²) >= 11 is 9.54. The summed E-state index contributed by atoms with van der Waals surface area (Å²) in [5.41, 5.74) is 3.17.